The quantitative estimate of drug-likeness (QED) is 0.340. The molecule has 42 heavy (non-hydrogen) atoms. The molecular formula is C29H42F3N3O7. The summed E-state index contributed by atoms with van der Waals surface area (Å²) in [5, 5.41) is 3.66. The number of rotatable bonds is 13. The molecule has 2 atom stereocenters. The zero-order chi connectivity index (χ0) is 31.1. The van der Waals surface area contributed by atoms with Gasteiger partial charge in [-0.15, -0.1) is 5.06 Å². The van der Waals surface area contributed by atoms with Gasteiger partial charge in [0.15, 0.2) is 0 Å². The van der Waals surface area contributed by atoms with E-state index in [4.69, 9.17) is 14.2 Å². The van der Waals surface area contributed by atoms with Gasteiger partial charge in [-0.05, 0) is 42.4 Å². The van der Waals surface area contributed by atoms with Crippen molar-refractivity contribution >= 4 is 17.8 Å². The van der Waals surface area contributed by atoms with E-state index in [1.54, 1.807) is 24.1 Å². The van der Waals surface area contributed by atoms with Gasteiger partial charge >= 0.3 is 12.1 Å². The van der Waals surface area contributed by atoms with Crippen LogP contribution in [0.1, 0.15) is 58.4 Å². The first-order valence-corrected chi connectivity index (χ1v) is 14.1. The highest BCUT2D eigenvalue weighted by molar-refractivity contribution is 5.81. The number of amides is 2. The van der Waals surface area contributed by atoms with Crippen LogP contribution in [0.3, 0.4) is 0 Å². The molecule has 1 aromatic rings. The van der Waals surface area contributed by atoms with Gasteiger partial charge in [0.1, 0.15) is 11.5 Å². The molecule has 1 aliphatic carbocycles. The predicted molar refractivity (Wildman–Crippen MR) is 146 cm³/mol. The Hall–Kier alpha value is -3.06. The van der Waals surface area contributed by atoms with Crippen LogP contribution in [0, 0.1) is 11.3 Å². The lowest BCUT2D eigenvalue weighted by molar-refractivity contribution is -0.244. The average molecular weight is 602 g/mol. The minimum absolute atomic E-state index is 0.0307. The third kappa shape index (κ3) is 10.6. The van der Waals surface area contributed by atoms with E-state index < -0.39 is 24.1 Å². The molecule has 2 fully saturated rings. The molecule has 0 spiro atoms. The number of alkyl halides is 3. The molecule has 1 heterocycles. The van der Waals surface area contributed by atoms with Crippen molar-refractivity contribution in [1.29, 1.82) is 0 Å². The van der Waals surface area contributed by atoms with Crippen LogP contribution in [0.4, 0.5) is 13.2 Å². The van der Waals surface area contributed by atoms with Crippen molar-refractivity contribution in [2.75, 3.05) is 40.5 Å². The summed E-state index contributed by atoms with van der Waals surface area (Å²) in [5.41, 5.74) is 0.449. The highest BCUT2D eigenvalue weighted by atomic mass is 19.4. The van der Waals surface area contributed by atoms with Gasteiger partial charge in [0.25, 0.3) is 0 Å². The van der Waals surface area contributed by atoms with E-state index in [-0.39, 0.29) is 55.7 Å². The highest BCUT2D eigenvalue weighted by Gasteiger charge is 2.45. The van der Waals surface area contributed by atoms with E-state index in [1.165, 1.54) is 7.11 Å². The Labute approximate surface area is 244 Å². The summed E-state index contributed by atoms with van der Waals surface area (Å²) in [5.74, 6) is -2.63. The molecule has 0 unspecified atom stereocenters. The zero-order valence-electron chi connectivity index (χ0n) is 24.9. The number of hydrogen-bond donors (Lipinski definition) is 1. The molecule has 3 rings (SSSR count). The normalized spacial score (nSPS) is 19.6. The molecule has 1 saturated carbocycles. The predicted octanol–water partition coefficient (Wildman–Crippen LogP) is 3.86. The second kappa shape index (κ2) is 14.4. The van der Waals surface area contributed by atoms with E-state index in [9.17, 15) is 27.6 Å². The summed E-state index contributed by atoms with van der Waals surface area (Å²) in [6.45, 7) is 6.50. The Morgan fingerprint density at radius 3 is 2.31 bits per heavy atom. The van der Waals surface area contributed by atoms with Gasteiger partial charge in [0.2, 0.25) is 11.8 Å². The van der Waals surface area contributed by atoms with E-state index >= 15 is 0 Å². The summed E-state index contributed by atoms with van der Waals surface area (Å²) in [6, 6.07) is 4.66. The number of hydroxylamine groups is 2. The maximum atomic E-state index is 13.9. The standard InChI is InChI=1S/C29H42F3N3O7/c1-28(2,3)15-25(36)33-21-13-20(17-34(18-21)42-27(38)29(30,31)32)26(37)35(22-7-8-22)16-19-11-23(40-5)14-24(12-19)41-10-6-9-39-4/h11-12,14,20-22H,6-10,13,15-18H2,1-5H3,(H,33,36)/t20-,21+/m0/s1. The molecular weight excluding hydrogens is 559 g/mol. The van der Waals surface area contributed by atoms with E-state index in [0.29, 0.717) is 31.1 Å². The van der Waals surface area contributed by atoms with Crippen LogP contribution in [0.5, 0.6) is 11.5 Å². The van der Waals surface area contributed by atoms with Gasteiger partial charge in [-0.2, -0.15) is 13.2 Å². The van der Waals surface area contributed by atoms with Crippen LogP contribution in [0.2, 0.25) is 0 Å². The van der Waals surface area contributed by atoms with Crippen LogP contribution in [0.15, 0.2) is 18.2 Å². The average Bonchev–Trinajstić information content (AvgIpc) is 3.73. The summed E-state index contributed by atoms with van der Waals surface area (Å²) < 4.78 is 55.2. The van der Waals surface area contributed by atoms with Crippen LogP contribution in [0.25, 0.3) is 0 Å². The lowest BCUT2D eigenvalue weighted by Gasteiger charge is -2.38. The summed E-state index contributed by atoms with van der Waals surface area (Å²) in [6.07, 6.45) is -2.53. The maximum Gasteiger partial charge on any atom is 0.492 e. The Morgan fingerprint density at radius 2 is 1.71 bits per heavy atom. The number of benzene rings is 1. The van der Waals surface area contributed by atoms with Crippen molar-refractivity contribution in [1.82, 2.24) is 15.3 Å². The minimum atomic E-state index is -5.20. The summed E-state index contributed by atoms with van der Waals surface area (Å²) >= 11 is 0. The van der Waals surface area contributed by atoms with Gasteiger partial charge in [-0.1, -0.05) is 20.8 Å². The van der Waals surface area contributed by atoms with Crippen molar-refractivity contribution in [3.05, 3.63) is 23.8 Å². The molecule has 1 aliphatic heterocycles. The fourth-order valence-electron chi connectivity index (χ4n) is 4.87. The molecule has 1 aromatic carbocycles. The Kier molecular flexibility index (Phi) is 11.5. The lowest BCUT2D eigenvalue weighted by Crippen LogP contribution is -2.55. The van der Waals surface area contributed by atoms with Crippen LogP contribution in [-0.2, 0) is 30.5 Å². The first-order valence-electron chi connectivity index (χ1n) is 14.1. The Bertz CT molecular complexity index is 1090. The lowest BCUT2D eigenvalue weighted by atomic mass is 9.90. The highest BCUT2D eigenvalue weighted by Crippen LogP contribution is 2.34. The Balaban J connectivity index is 1.78. The summed E-state index contributed by atoms with van der Waals surface area (Å²) in [7, 11) is 3.14. The number of carbonyl (C=O) groups is 3. The molecule has 236 valence electrons. The fourth-order valence-corrected chi connectivity index (χ4v) is 4.87. The molecule has 0 bridgehead atoms. The van der Waals surface area contributed by atoms with Gasteiger partial charge in [-0.25, -0.2) is 4.79 Å². The number of carbonyl (C=O) groups excluding carboxylic acids is 3. The SMILES string of the molecule is COCCCOc1cc(CN(C(=O)[C@H]2C[C@@H](NC(=O)CC(C)(C)C)CN(OC(=O)C(F)(F)F)C2)C2CC2)cc(OC)c1. The van der Waals surface area contributed by atoms with Crippen molar-refractivity contribution < 1.29 is 46.6 Å². The maximum absolute atomic E-state index is 13.9. The number of nitrogens with zero attached hydrogens (tertiary/aromatic N) is 2. The second-order valence-corrected chi connectivity index (χ2v) is 12.1. The Morgan fingerprint density at radius 1 is 1.02 bits per heavy atom. The van der Waals surface area contributed by atoms with Crippen molar-refractivity contribution in [3.63, 3.8) is 0 Å². The number of nitrogens with one attached hydrogen (secondary N) is 1. The number of hydrogen-bond acceptors (Lipinski definition) is 8. The molecule has 0 radical (unpaired) electrons. The number of ether oxygens (including phenoxy) is 3. The molecule has 0 aromatic heterocycles. The first-order chi connectivity index (χ1) is 19.7. The van der Waals surface area contributed by atoms with Gasteiger partial charge in [0.05, 0.1) is 26.2 Å². The number of piperidine rings is 1. The summed E-state index contributed by atoms with van der Waals surface area (Å²) in [4.78, 5) is 44.5. The second-order valence-electron chi connectivity index (χ2n) is 12.1. The number of halogens is 3. The molecule has 2 aliphatic rings. The topological polar surface area (TPSA) is 107 Å². The van der Waals surface area contributed by atoms with Gasteiger partial charge in [-0.3, -0.25) is 9.59 Å². The zero-order valence-corrected chi connectivity index (χ0v) is 24.9. The molecule has 1 saturated heterocycles. The van der Waals surface area contributed by atoms with Crippen LogP contribution < -0.4 is 14.8 Å². The molecule has 1 N–H and O–H groups in total. The van der Waals surface area contributed by atoms with Crippen molar-refractivity contribution in [2.45, 2.75) is 77.7 Å². The number of methoxy groups -OCH3 is 2. The van der Waals surface area contributed by atoms with Crippen LogP contribution >= 0.6 is 0 Å². The fraction of sp³-hybridized carbons (Fsp3) is 0.690. The molecule has 10 nitrogen and oxygen atoms in total. The third-order valence-corrected chi connectivity index (χ3v) is 6.83. The van der Waals surface area contributed by atoms with E-state index in [1.807, 2.05) is 26.8 Å². The largest absolute Gasteiger partial charge is 0.497 e. The monoisotopic (exact) mass is 601 g/mol. The van der Waals surface area contributed by atoms with Gasteiger partial charge in [0, 0.05) is 57.8 Å². The van der Waals surface area contributed by atoms with E-state index in [0.717, 1.165) is 23.5 Å². The third-order valence-electron chi connectivity index (χ3n) is 6.83. The molecule has 2 amide bonds. The molecule has 13 heteroatoms. The smallest absolute Gasteiger partial charge is 0.492 e. The van der Waals surface area contributed by atoms with Crippen molar-refractivity contribution in [2.24, 2.45) is 11.3 Å². The minimum Gasteiger partial charge on any atom is -0.497 e. The first kappa shape index (κ1) is 33.4. The van der Waals surface area contributed by atoms with Crippen LogP contribution in [-0.4, -0.2) is 86.5 Å². The van der Waals surface area contributed by atoms with E-state index in [2.05, 4.69) is 10.2 Å². The van der Waals surface area contributed by atoms with Gasteiger partial charge < -0.3 is 29.3 Å². The van der Waals surface area contributed by atoms with Crippen molar-refractivity contribution in [3.8, 4) is 11.5 Å².